The summed E-state index contributed by atoms with van der Waals surface area (Å²) in [5.41, 5.74) is 2.54. The fourth-order valence-corrected chi connectivity index (χ4v) is 4.09. The standard InChI is InChI=1S/C17H15BrO4S/c1-11-3-5-12(6-4-11)17(21-2)16-10-13-9-14(18)7-8-15(13)22-23(16,19)20/h3-10,17H,1-2H3. The monoisotopic (exact) mass is 394 g/mol. The lowest BCUT2D eigenvalue weighted by atomic mass is 10.1. The number of fused-ring (bicyclic) bond motifs is 1. The Morgan fingerprint density at radius 3 is 2.48 bits per heavy atom. The third kappa shape index (κ3) is 3.20. The Morgan fingerprint density at radius 2 is 1.83 bits per heavy atom. The third-order valence-corrected chi connectivity index (χ3v) is 5.43. The van der Waals surface area contributed by atoms with Gasteiger partial charge in [-0.2, -0.15) is 8.42 Å². The molecule has 3 rings (SSSR count). The molecule has 1 aliphatic rings. The average molecular weight is 395 g/mol. The van der Waals surface area contributed by atoms with E-state index in [2.05, 4.69) is 15.9 Å². The Kier molecular flexibility index (Phi) is 4.31. The number of methoxy groups -OCH3 is 1. The van der Waals surface area contributed by atoms with Crippen LogP contribution in [0.2, 0.25) is 0 Å². The molecule has 0 N–H and O–H groups in total. The molecule has 4 nitrogen and oxygen atoms in total. The first-order chi connectivity index (χ1) is 10.9. The first kappa shape index (κ1) is 16.2. The molecule has 0 aliphatic carbocycles. The molecule has 0 aromatic heterocycles. The molecule has 1 heterocycles. The second-order valence-electron chi connectivity index (χ2n) is 5.29. The number of ether oxygens (including phenoxy) is 1. The lowest BCUT2D eigenvalue weighted by Crippen LogP contribution is -2.22. The molecule has 23 heavy (non-hydrogen) atoms. The summed E-state index contributed by atoms with van der Waals surface area (Å²) in [6.45, 7) is 1.97. The van der Waals surface area contributed by atoms with Crippen molar-refractivity contribution in [2.75, 3.05) is 7.11 Å². The molecule has 6 heteroatoms. The van der Waals surface area contributed by atoms with Crippen LogP contribution in [0.1, 0.15) is 22.8 Å². The van der Waals surface area contributed by atoms with Gasteiger partial charge < -0.3 is 8.92 Å². The lowest BCUT2D eigenvalue weighted by molar-refractivity contribution is 0.138. The number of hydrogen-bond acceptors (Lipinski definition) is 4. The maximum atomic E-state index is 12.5. The van der Waals surface area contributed by atoms with Gasteiger partial charge in [0.05, 0.1) is 0 Å². The van der Waals surface area contributed by atoms with Gasteiger partial charge in [-0.1, -0.05) is 45.8 Å². The van der Waals surface area contributed by atoms with Gasteiger partial charge in [0, 0.05) is 17.1 Å². The number of hydrogen-bond donors (Lipinski definition) is 0. The van der Waals surface area contributed by atoms with Gasteiger partial charge in [0.1, 0.15) is 16.8 Å². The third-order valence-electron chi connectivity index (χ3n) is 3.63. The van der Waals surface area contributed by atoms with E-state index in [9.17, 15) is 8.42 Å². The van der Waals surface area contributed by atoms with Gasteiger partial charge in [-0.05, 0) is 36.8 Å². The molecule has 2 aromatic carbocycles. The Hall–Kier alpha value is -1.63. The van der Waals surface area contributed by atoms with Gasteiger partial charge in [0.25, 0.3) is 0 Å². The summed E-state index contributed by atoms with van der Waals surface area (Å²) in [6.07, 6.45) is 0.889. The van der Waals surface area contributed by atoms with Crippen LogP contribution in [0.5, 0.6) is 5.75 Å². The van der Waals surface area contributed by atoms with E-state index in [1.165, 1.54) is 7.11 Å². The molecular weight excluding hydrogens is 380 g/mol. The van der Waals surface area contributed by atoms with E-state index in [1.807, 2.05) is 37.3 Å². The van der Waals surface area contributed by atoms with Crippen molar-refractivity contribution in [1.29, 1.82) is 0 Å². The minimum absolute atomic E-state index is 0.0921. The van der Waals surface area contributed by atoms with Gasteiger partial charge in [-0.25, -0.2) is 0 Å². The maximum Gasteiger partial charge on any atom is 0.338 e. The van der Waals surface area contributed by atoms with Gasteiger partial charge in [-0.15, -0.1) is 0 Å². The van der Waals surface area contributed by atoms with Crippen LogP contribution in [0.15, 0.2) is 51.8 Å². The molecule has 1 aliphatic heterocycles. The van der Waals surface area contributed by atoms with Crippen molar-refractivity contribution in [2.24, 2.45) is 0 Å². The zero-order valence-electron chi connectivity index (χ0n) is 12.6. The highest BCUT2D eigenvalue weighted by atomic mass is 79.9. The predicted molar refractivity (Wildman–Crippen MR) is 92.6 cm³/mol. The maximum absolute atomic E-state index is 12.5. The van der Waals surface area contributed by atoms with Crippen molar-refractivity contribution in [3.8, 4) is 5.75 Å². The van der Waals surface area contributed by atoms with Crippen molar-refractivity contribution in [3.63, 3.8) is 0 Å². The van der Waals surface area contributed by atoms with Gasteiger partial charge in [-0.3, -0.25) is 0 Å². The van der Waals surface area contributed by atoms with Gasteiger partial charge >= 0.3 is 10.1 Å². The molecule has 0 radical (unpaired) electrons. The molecule has 0 amide bonds. The summed E-state index contributed by atoms with van der Waals surface area (Å²) in [6, 6.07) is 12.7. The number of halogens is 1. The van der Waals surface area contributed by atoms with E-state index in [0.29, 0.717) is 11.3 Å². The molecule has 120 valence electrons. The summed E-state index contributed by atoms with van der Waals surface area (Å²) in [4.78, 5) is 0.0921. The van der Waals surface area contributed by atoms with Crippen molar-refractivity contribution in [2.45, 2.75) is 13.0 Å². The first-order valence-electron chi connectivity index (χ1n) is 6.96. The van der Waals surface area contributed by atoms with E-state index in [0.717, 1.165) is 15.6 Å². The minimum Gasteiger partial charge on any atom is -0.378 e. The zero-order valence-corrected chi connectivity index (χ0v) is 15.0. The molecule has 0 spiro atoms. The van der Waals surface area contributed by atoms with E-state index in [1.54, 1.807) is 18.2 Å². The van der Waals surface area contributed by atoms with E-state index >= 15 is 0 Å². The highest BCUT2D eigenvalue weighted by molar-refractivity contribution is 9.10. The van der Waals surface area contributed by atoms with Gasteiger partial charge in [0.2, 0.25) is 0 Å². The van der Waals surface area contributed by atoms with Crippen LogP contribution >= 0.6 is 15.9 Å². The minimum atomic E-state index is -3.90. The largest absolute Gasteiger partial charge is 0.378 e. The highest BCUT2D eigenvalue weighted by Crippen LogP contribution is 2.39. The van der Waals surface area contributed by atoms with Crippen LogP contribution < -0.4 is 4.18 Å². The Morgan fingerprint density at radius 1 is 1.13 bits per heavy atom. The summed E-state index contributed by atoms with van der Waals surface area (Å²) in [5.74, 6) is 0.315. The van der Waals surface area contributed by atoms with Crippen molar-refractivity contribution >= 4 is 32.1 Å². The second kappa shape index (κ2) is 6.11. The fraction of sp³-hybridized carbons (Fsp3) is 0.176. The summed E-state index contributed by atoms with van der Waals surface area (Å²) < 4.78 is 36.5. The van der Waals surface area contributed by atoms with Gasteiger partial charge in [0.15, 0.2) is 0 Å². The average Bonchev–Trinajstić information content (AvgIpc) is 2.50. The summed E-state index contributed by atoms with van der Waals surface area (Å²) in [5, 5.41) is 0. The second-order valence-corrected chi connectivity index (χ2v) is 7.75. The summed E-state index contributed by atoms with van der Waals surface area (Å²) in [7, 11) is -2.42. The molecule has 2 aromatic rings. The van der Waals surface area contributed by atoms with Crippen molar-refractivity contribution in [1.82, 2.24) is 0 Å². The van der Waals surface area contributed by atoms with E-state index in [-0.39, 0.29) is 4.91 Å². The Balaban J connectivity index is 2.13. The van der Waals surface area contributed by atoms with Crippen LogP contribution in [-0.2, 0) is 14.9 Å². The van der Waals surface area contributed by atoms with E-state index in [4.69, 9.17) is 8.92 Å². The Bertz CT molecular complexity index is 870. The molecule has 0 saturated heterocycles. The van der Waals surface area contributed by atoms with Crippen molar-refractivity contribution in [3.05, 3.63) is 68.5 Å². The zero-order chi connectivity index (χ0) is 16.6. The SMILES string of the molecule is COC(C1=Cc2cc(Br)ccc2OS1(=O)=O)c1ccc(C)cc1. The molecule has 1 unspecified atom stereocenters. The molecule has 0 bridgehead atoms. The number of benzene rings is 2. The van der Waals surface area contributed by atoms with Crippen LogP contribution in [0.25, 0.3) is 6.08 Å². The first-order valence-corrected chi connectivity index (χ1v) is 9.16. The highest BCUT2D eigenvalue weighted by Gasteiger charge is 2.33. The normalized spacial score (nSPS) is 16.9. The van der Waals surface area contributed by atoms with Crippen LogP contribution in [0, 0.1) is 6.92 Å². The number of aryl methyl sites for hydroxylation is 1. The smallest absolute Gasteiger partial charge is 0.338 e. The predicted octanol–water partition coefficient (Wildman–Crippen LogP) is 4.21. The Labute approximate surface area is 144 Å². The molecule has 0 fully saturated rings. The van der Waals surface area contributed by atoms with Crippen molar-refractivity contribution < 1.29 is 17.3 Å². The topological polar surface area (TPSA) is 52.6 Å². The molecular formula is C17H15BrO4S. The quantitative estimate of drug-likeness (QED) is 0.731. The fourth-order valence-electron chi connectivity index (χ4n) is 2.46. The lowest BCUT2D eigenvalue weighted by Gasteiger charge is -2.23. The molecule has 0 saturated carbocycles. The summed E-state index contributed by atoms with van der Waals surface area (Å²) >= 11 is 3.38. The van der Waals surface area contributed by atoms with E-state index < -0.39 is 16.2 Å². The molecule has 1 atom stereocenters. The van der Waals surface area contributed by atoms with Crippen LogP contribution in [-0.4, -0.2) is 15.5 Å². The van der Waals surface area contributed by atoms with Crippen LogP contribution in [0.4, 0.5) is 0 Å². The number of rotatable bonds is 3. The van der Waals surface area contributed by atoms with Crippen LogP contribution in [0.3, 0.4) is 0 Å².